The van der Waals surface area contributed by atoms with Crippen molar-refractivity contribution in [1.29, 1.82) is 0 Å². The van der Waals surface area contributed by atoms with E-state index in [1.807, 2.05) is 23.8 Å². The summed E-state index contributed by atoms with van der Waals surface area (Å²) in [6, 6.07) is 7.39. The lowest BCUT2D eigenvalue weighted by atomic mass is 10.2. The molecule has 0 bridgehead atoms. The summed E-state index contributed by atoms with van der Waals surface area (Å²) in [7, 11) is 1.62. The van der Waals surface area contributed by atoms with Crippen LogP contribution in [0.4, 0.5) is 5.69 Å². The molecule has 0 unspecified atom stereocenters. The number of thiazole rings is 1. The molecule has 0 saturated carbocycles. The quantitative estimate of drug-likeness (QED) is 0.870. The largest absolute Gasteiger partial charge is 0.380 e. The minimum absolute atomic E-state index is 0.0704. The fourth-order valence-electron chi connectivity index (χ4n) is 1.40. The maximum Gasteiger partial charge on any atom is 0.251 e. The third kappa shape index (κ3) is 3.04. The Morgan fingerprint density at radius 2 is 2.12 bits per heavy atom. The second-order valence-corrected chi connectivity index (χ2v) is 4.45. The van der Waals surface area contributed by atoms with Crippen molar-refractivity contribution < 1.29 is 4.79 Å². The van der Waals surface area contributed by atoms with E-state index in [1.54, 1.807) is 30.5 Å². The predicted molar refractivity (Wildman–Crippen MR) is 69.3 cm³/mol. The van der Waals surface area contributed by atoms with Gasteiger partial charge in [0, 0.05) is 29.4 Å². The SMILES string of the molecule is CNC(=O)c1ccc(NCc2cncs2)cc1. The maximum absolute atomic E-state index is 11.3. The van der Waals surface area contributed by atoms with Gasteiger partial charge in [0.25, 0.3) is 5.91 Å². The normalized spacial score (nSPS) is 9.94. The molecule has 0 saturated heterocycles. The topological polar surface area (TPSA) is 54.0 Å². The Bertz CT molecular complexity index is 479. The Kier molecular flexibility index (Phi) is 3.72. The molecule has 0 fully saturated rings. The van der Waals surface area contributed by atoms with E-state index in [-0.39, 0.29) is 5.91 Å². The van der Waals surface area contributed by atoms with Gasteiger partial charge in [-0.25, -0.2) is 0 Å². The molecule has 1 amide bonds. The summed E-state index contributed by atoms with van der Waals surface area (Å²) in [6.45, 7) is 0.754. The van der Waals surface area contributed by atoms with Crippen molar-refractivity contribution in [1.82, 2.24) is 10.3 Å². The molecule has 0 aliphatic carbocycles. The highest BCUT2D eigenvalue weighted by molar-refractivity contribution is 7.09. The van der Waals surface area contributed by atoms with Crippen molar-refractivity contribution in [2.24, 2.45) is 0 Å². The minimum atomic E-state index is -0.0704. The number of anilines is 1. The molecule has 0 spiro atoms. The minimum Gasteiger partial charge on any atom is -0.380 e. The second-order valence-electron chi connectivity index (χ2n) is 3.48. The molecule has 2 aromatic rings. The van der Waals surface area contributed by atoms with E-state index in [0.717, 1.165) is 12.2 Å². The number of aromatic nitrogens is 1. The molecule has 2 rings (SSSR count). The van der Waals surface area contributed by atoms with Crippen LogP contribution >= 0.6 is 11.3 Å². The summed E-state index contributed by atoms with van der Waals surface area (Å²) in [5.74, 6) is -0.0704. The molecule has 1 aromatic carbocycles. The van der Waals surface area contributed by atoms with Gasteiger partial charge in [-0.1, -0.05) is 0 Å². The van der Waals surface area contributed by atoms with E-state index >= 15 is 0 Å². The van der Waals surface area contributed by atoms with E-state index in [2.05, 4.69) is 15.6 Å². The summed E-state index contributed by atoms with van der Waals surface area (Å²) >= 11 is 1.62. The van der Waals surface area contributed by atoms with Crippen LogP contribution in [-0.2, 0) is 6.54 Å². The summed E-state index contributed by atoms with van der Waals surface area (Å²) in [6.07, 6.45) is 1.84. The van der Waals surface area contributed by atoms with Crippen molar-refractivity contribution in [3.63, 3.8) is 0 Å². The smallest absolute Gasteiger partial charge is 0.251 e. The van der Waals surface area contributed by atoms with E-state index in [1.165, 1.54) is 4.88 Å². The Morgan fingerprint density at radius 1 is 1.35 bits per heavy atom. The first-order chi connectivity index (χ1) is 8.29. The van der Waals surface area contributed by atoms with Gasteiger partial charge in [-0.05, 0) is 24.3 Å². The van der Waals surface area contributed by atoms with Gasteiger partial charge in [-0.3, -0.25) is 9.78 Å². The fraction of sp³-hybridized carbons (Fsp3) is 0.167. The average molecular weight is 247 g/mol. The lowest BCUT2D eigenvalue weighted by Crippen LogP contribution is -2.17. The second kappa shape index (κ2) is 5.45. The Balaban J connectivity index is 1.96. The number of amides is 1. The highest BCUT2D eigenvalue weighted by Crippen LogP contribution is 2.12. The molecule has 0 aliphatic rings. The average Bonchev–Trinajstić information content (AvgIpc) is 2.89. The fourth-order valence-corrected chi connectivity index (χ4v) is 1.94. The van der Waals surface area contributed by atoms with Gasteiger partial charge in [0.05, 0.1) is 12.1 Å². The molecule has 1 heterocycles. The monoisotopic (exact) mass is 247 g/mol. The number of hydrogen-bond donors (Lipinski definition) is 2. The first-order valence-electron chi connectivity index (χ1n) is 5.23. The highest BCUT2D eigenvalue weighted by Gasteiger charge is 2.02. The molecule has 0 atom stereocenters. The highest BCUT2D eigenvalue weighted by atomic mass is 32.1. The van der Waals surface area contributed by atoms with Gasteiger partial charge in [0.1, 0.15) is 0 Å². The lowest BCUT2D eigenvalue weighted by molar-refractivity contribution is 0.0963. The number of carbonyl (C=O) groups is 1. The van der Waals surface area contributed by atoms with Crippen LogP contribution in [0.2, 0.25) is 0 Å². The van der Waals surface area contributed by atoms with Crippen LogP contribution in [0.3, 0.4) is 0 Å². The first kappa shape index (κ1) is 11.6. The molecule has 4 nitrogen and oxygen atoms in total. The number of hydrogen-bond acceptors (Lipinski definition) is 4. The van der Waals surface area contributed by atoms with E-state index in [0.29, 0.717) is 5.56 Å². The molecule has 17 heavy (non-hydrogen) atoms. The van der Waals surface area contributed by atoms with Gasteiger partial charge < -0.3 is 10.6 Å². The molecule has 5 heteroatoms. The molecule has 1 aromatic heterocycles. The number of nitrogens with one attached hydrogen (secondary N) is 2. The van der Waals surface area contributed by atoms with Gasteiger partial charge in [-0.15, -0.1) is 11.3 Å². The van der Waals surface area contributed by atoms with Gasteiger partial charge in [-0.2, -0.15) is 0 Å². The number of carbonyl (C=O) groups excluding carboxylic acids is 1. The van der Waals surface area contributed by atoms with E-state index < -0.39 is 0 Å². The standard InChI is InChI=1S/C12H13N3OS/c1-13-12(16)9-2-4-10(5-3-9)15-7-11-6-14-8-17-11/h2-6,8,15H,7H2,1H3,(H,13,16). The Morgan fingerprint density at radius 3 is 2.71 bits per heavy atom. The Labute approximate surface area is 104 Å². The number of rotatable bonds is 4. The number of benzene rings is 1. The zero-order chi connectivity index (χ0) is 12.1. The Hall–Kier alpha value is -1.88. The van der Waals surface area contributed by atoms with Crippen LogP contribution in [0.5, 0.6) is 0 Å². The van der Waals surface area contributed by atoms with Crippen molar-refractivity contribution in [2.45, 2.75) is 6.54 Å². The summed E-state index contributed by atoms with van der Waals surface area (Å²) in [5, 5.41) is 5.86. The summed E-state index contributed by atoms with van der Waals surface area (Å²) in [5.41, 5.74) is 3.47. The first-order valence-corrected chi connectivity index (χ1v) is 6.11. The van der Waals surface area contributed by atoms with Crippen LogP contribution in [0.25, 0.3) is 0 Å². The molecule has 2 N–H and O–H groups in total. The summed E-state index contributed by atoms with van der Waals surface area (Å²) in [4.78, 5) is 16.5. The van der Waals surface area contributed by atoms with E-state index in [9.17, 15) is 4.79 Å². The third-order valence-corrected chi connectivity index (χ3v) is 3.10. The number of nitrogens with zero attached hydrogens (tertiary/aromatic N) is 1. The van der Waals surface area contributed by atoms with Gasteiger partial charge in [0.15, 0.2) is 0 Å². The molecule has 0 aliphatic heterocycles. The molecular formula is C12H13N3OS. The molecule has 88 valence electrons. The van der Waals surface area contributed by atoms with Crippen LogP contribution in [0, 0.1) is 0 Å². The molecular weight excluding hydrogens is 234 g/mol. The maximum atomic E-state index is 11.3. The van der Waals surface area contributed by atoms with Crippen molar-refractivity contribution in [3.8, 4) is 0 Å². The summed E-state index contributed by atoms with van der Waals surface area (Å²) < 4.78 is 0. The van der Waals surface area contributed by atoms with E-state index in [4.69, 9.17) is 0 Å². The van der Waals surface area contributed by atoms with Crippen LogP contribution in [0.15, 0.2) is 36.0 Å². The van der Waals surface area contributed by atoms with Crippen LogP contribution in [-0.4, -0.2) is 17.9 Å². The van der Waals surface area contributed by atoms with Gasteiger partial charge in [0.2, 0.25) is 0 Å². The molecule has 0 radical (unpaired) electrons. The van der Waals surface area contributed by atoms with Crippen molar-refractivity contribution >= 4 is 22.9 Å². The predicted octanol–water partition coefficient (Wildman–Crippen LogP) is 2.11. The van der Waals surface area contributed by atoms with Gasteiger partial charge >= 0.3 is 0 Å². The van der Waals surface area contributed by atoms with Crippen molar-refractivity contribution in [3.05, 3.63) is 46.4 Å². The zero-order valence-electron chi connectivity index (χ0n) is 9.43. The van der Waals surface area contributed by atoms with Crippen LogP contribution in [0.1, 0.15) is 15.2 Å². The third-order valence-electron chi connectivity index (χ3n) is 2.32. The van der Waals surface area contributed by atoms with Crippen LogP contribution < -0.4 is 10.6 Å². The lowest BCUT2D eigenvalue weighted by Gasteiger charge is -2.05. The zero-order valence-corrected chi connectivity index (χ0v) is 10.3. The van der Waals surface area contributed by atoms with Crippen molar-refractivity contribution in [2.75, 3.05) is 12.4 Å².